The zero-order valence-corrected chi connectivity index (χ0v) is 14.8. The minimum absolute atomic E-state index is 0. The first-order valence-electron chi connectivity index (χ1n) is 8.34. The molecule has 1 aromatic heterocycles. The van der Waals surface area contributed by atoms with Gasteiger partial charge in [0.05, 0.1) is 0 Å². The predicted octanol–water partition coefficient (Wildman–Crippen LogP) is 5.19. The normalized spacial score (nSPS) is 15.1. The van der Waals surface area contributed by atoms with Crippen LogP contribution in [-0.4, -0.2) is 23.0 Å². The van der Waals surface area contributed by atoms with Gasteiger partial charge in [0.2, 0.25) is 0 Å². The molecule has 0 amide bonds. The quantitative estimate of drug-likeness (QED) is 0.696. The Morgan fingerprint density at radius 3 is 2.50 bits per heavy atom. The van der Waals surface area contributed by atoms with E-state index in [-0.39, 0.29) is 12.4 Å². The van der Waals surface area contributed by atoms with Crippen LogP contribution in [0.1, 0.15) is 23.2 Å². The lowest BCUT2D eigenvalue weighted by molar-refractivity contribution is 0.294. The molecule has 0 radical (unpaired) electrons. The van der Waals surface area contributed by atoms with E-state index in [1.165, 1.54) is 33.3 Å². The van der Waals surface area contributed by atoms with E-state index >= 15 is 0 Å². The molecule has 0 fully saturated rings. The Balaban J connectivity index is 0.00000169. The predicted molar refractivity (Wildman–Crippen MR) is 105 cm³/mol. The van der Waals surface area contributed by atoms with Crippen molar-refractivity contribution in [3.8, 4) is 0 Å². The Morgan fingerprint density at radius 1 is 1.00 bits per heavy atom. The number of halogens is 1. The number of rotatable bonds is 3. The smallest absolute Gasteiger partial charge is 0.0462 e. The van der Waals surface area contributed by atoms with Crippen LogP contribution in [0.15, 0.2) is 60.7 Å². The molecule has 3 heteroatoms. The van der Waals surface area contributed by atoms with E-state index in [2.05, 4.69) is 77.5 Å². The fourth-order valence-electron chi connectivity index (χ4n) is 3.61. The first-order chi connectivity index (χ1) is 11.3. The molecule has 0 aliphatic carbocycles. The number of aryl methyl sites for hydroxylation is 1. The largest absolute Gasteiger partial charge is 0.358 e. The van der Waals surface area contributed by atoms with Crippen molar-refractivity contribution in [2.24, 2.45) is 0 Å². The van der Waals surface area contributed by atoms with E-state index in [4.69, 9.17) is 0 Å². The van der Waals surface area contributed by atoms with Crippen LogP contribution in [0.4, 0.5) is 0 Å². The van der Waals surface area contributed by atoms with Crippen molar-refractivity contribution >= 4 is 28.9 Å². The van der Waals surface area contributed by atoms with Crippen molar-refractivity contribution in [2.75, 3.05) is 13.1 Å². The van der Waals surface area contributed by atoms with E-state index in [0.29, 0.717) is 0 Å². The summed E-state index contributed by atoms with van der Waals surface area (Å²) in [7, 11) is 0. The van der Waals surface area contributed by atoms with Gasteiger partial charge in [-0.1, -0.05) is 54.6 Å². The third kappa shape index (κ3) is 3.26. The number of benzene rings is 2. The summed E-state index contributed by atoms with van der Waals surface area (Å²) in [5.41, 5.74) is 6.83. The van der Waals surface area contributed by atoms with Crippen LogP contribution >= 0.6 is 12.4 Å². The van der Waals surface area contributed by atoms with Crippen LogP contribution in [0.5, 0.6) is 0 Å². The molecule has 2 nitrogen and oxygen atoms in total. The highest BCUT2D eigenvalue weighted by atomic mass is 35.5. The molecule has 0 bridgehead atoms. The Bertz CT molecular complexity index is 849. The van der Waals surface area contributed by atoms with Gasteiger partial charge in [0.25, 0.3) is 0 Å². The SMILES string of the molecule is Cc1[nH]c2ccccc2c1C1=CCN(Cc2ccccc2)CC1.Cl. The van der Waals surface area contributed by atoms with Crippen molar-refractivity contribution in [3.05, 3.63) is 77.5 Å². The van der Waals surface area contributed by atoms with E-state index < -0.39 is 0 Å². The average molecular weight is 339 g/mol. The van der Waals surface area contributed by atoms with Crippen molar-refractivity contribution < 1.29 is 0 Å². The molecular formula is C21H23ClN2. The van der Waals surface area contributed by atoms with Crippen LogP contribution in [0.3, 0.4) is 0 Å². The summed E-state index contributed by atoms with van der Waals surface area (Å²) in [6, 6.07) is 19.4. The van der Waals surface area contributed by atoms with Crippen molar-refractivity contribution in [1.29, 1.82) is 0 Å². The summed E-state index contributed by atoms with van der Waals surface area (Å²) >= 11 is 0. The number of nitrogens with zero attached hydrogens (tertiary/aromatic N) is 1. The molecule has 1 aliphatic heterocycles. The molecular weight excluding hydrogens is 316 g/mol. The topological polar surface area (TPSA) is 19.0 Å². The lowest BCUT2D eigenvalue weighted by atomic mass is 9.96. The highest BCUT2D eigenvalue weighted by Crippen LogP contribution is 2.32. The highest BCUT2D eigenvalue weighted by Gasteiger charge is 2.17. The van der Waals surface area contributed by atoms with Gasteiger partial charge in [-0.3, -0.25) is 4.90 Å². The van der Waals surface area contributed by atoms with Crippen LogP contribution in [0, 0.1) is 6.92 Å². The van der Waals surface area contributed by atoms with Gasteiger partial charge < -0.3 is 4.98 Å². The molecule has 2 heterocycles. The molecule has 124 valence electrons. The Kier molecular flexibility index (Phi) is 5.08. The van der Waals surface area contributed by atoms with Gasteiger partial charge in [-0.15, -0.1) is 12.4 Å². The molecule has 0 atom stereocenters. The van der Waals surface area contributed by atoms with E-state index in [0.717, 1.165) is 26.1 Å². The number of para-hydroxylation sites is 1. The fourth-order valence-corrected chi connectivity index (χ4v) is 3.61. The lowest BCUT2D eigenvalue weighted by Gasteiger charge is -2.26. The standard InChI is InChI=1S/C21H22N2.ClH/c1-16-21(19-9-5-6-10-20(19)22-16)18-11-13-23(14-12-18)15-17-7-3-2-4-8-17;/h2-11,22H,12-15H2,1H3;1H. The first kappa shape index (κ1) is 16.8. The maximum atomic E-state index is 3.52. The van der Waals surface area contributed by atoms with Crippen LogP contribution in [-0.2, 0) is 6.54 Å². The molecule has 3 aromatic rings. The van der Waals surface area contributed by atoms with Gasteiger partial charge in [-0.25, -0.2) is 0 Å². The molecule has 0 saturated carbocycles. The number of nitrogens with one attached hydrogen (secondary N) is 1. The summed E-state index contributed by atoms with van der Waals surface area (Å²) in [5, 5.41) is 1.35. The number of fused-ring (bicyclic) bond motifs is 1. The molecule has 0 saturated heterocycles. The van der Waals surface area contributed by atoms with Crippen LogP contribution < -0.4 is 0 Å². The minimum Gasteiger partial charge on any atom is -0.358 e. The highest BCUT2D eigenvalue weighted by molar-refractivity contribution is 5.94. The van der Waals surface area contributed by atoms with Gasteiger partial charge in [0.1, 0.15) is 0 Å². The third-order valence-electron chi connectivity index (χ3n) is 4.76. The van der Waals surface area contributed by atoms with Crippen molar-refractivity contribution in [1.82, 2.24) is 9.88 Å². The summed E-state index contributed by atoms with van der Waals surface area (Å²) in [4.78, 5) is 6.04. The Hall–Kier alpha value is -2.03. The van der Waals surface area contributed by atoms with Crippen molar-refractivity contribution in [3.63, 3.8) is 0 Å². The van der Waals surface area contributed by atoms with Gasteiger partial charge in [0, 0.05) is 41.8 Å². The molecule has 2 aromatic carbocycles. The fraction of sp³-hybridized carbons (Fsp3) is 0.238. The lowest BCUT2D eigenvalue weighted by Crippen LogP contribution is -2.28. The second-order valence-corrected chi connectivity index (χ2v) is 6.37. The number of hydrogen-bond donors (Lipinski definition) is 1. The number of H-pyrrole nitrogens is 1. The zero-order chi connectivity index (χ0) is 15.6. The van der Waals surface area contributed by atoms with E-state index in [1.807, 2.05) is 0 Å². The Morgan fingerprint density at radius 2 is 1.75 bits per heavy atom. The maximum absolute atomic E-state index is 3.52. The van der Waals surface area contributed by atoms with Gasteiger partial charge >= 0.3 is 0 Å². The maximum Gasteiger partial charge on any atom is 0.0462 e. The molecule has 0 unspecified atom stereocenters. The second-order valence-electron chi connectivity index (χ2n) is 6.37. The number of aromatic nitrogens is 1. The molecule has 1 aliphatic rings. The van der Waals surface area contributed by atoms with Gasteiger partial charge in [-0.05, 0) is 30.5 Å². The van der Waals surface area contributed by atoms with Crippen LogP contribution in [0.25, 0.3) is 16.5 Å². The average Bonchev–Trinajstić information content (AvgIpc) is 2.92. The first-order valence-corrected chi connectivity index (χ1v) is 8.34. The monoisotopic (exact) mass is 338 g/mol. The summed E-state index contributed by atoms with van der Waals surface area (Å²) in [6.07, 6.45) is 3.53. The summed E-state index contributed by atoms with van der Waals surface area (Å²) in [5.74, 6) is 0. The summed E-state index contributed by atoms with van der Waals surface area (Å²) < 4.78 is 0. The number of aromatic amines is 1. The molecule has 0 spiro atoms. The zero-order valence-electron chi connectivity index (χ0n) is 14.0. The molecule has 4 rings (SSSR count). The second kappa shape index (κ2) is 7.25. The third-order valence-corrected chi connectivity index (χ3v) is 4.76. The van der Waals surface area contributed by atoms with Crippen molar-refractivity contribution in [2.45, 2.75) is 19.9 Å². The number of hydrogen-bond acceptors (Lipinski definition) is 1. The minimum atomic E-state index is 0. The molecule has 1 N–H and O–H groups in total. The Labute approximate surface area is 149 Å². The van der Waals surface area contributed by atoms with Gasteiger partial charge in [0.15, 0.2) is 0 Å². The van der Waals surface area contributed by atoms with E-state index in [1.54, 1.807) is 0 Å². The molecule has 24 heavy (non-hydrogen) atoms. The van der Waals surface area contributed by atoms with Crippen LogP contribution in [0.2, 0.25) is 0 Å². The summed E-state index contributed by atoms with van der Waals surface area (Å²) in [6.45, 7) is 5.38. The van der Waals surface area contributed by atoms with E-state index in [9.17, 15) is 0 Å². The van der Waals surface area contributed by atoms with Gasteiger partial charge in [-0.2, -0.15) is 0 Å².